The van der Waals surface area contributed by atoms with Crippen LogP contribution in [0.2, 0.25) is 0 Å². The van der Waals surface area contributed by atoms with Gasteiger partial charge in [-0.1, -0.05) is 0 Å². The molecule has 2 rings (SSSR count). The van der Waals surface area contributed by atoms with Gasteiger partial charge in [-0.3, -0.25) is 4.90 Å². The lowest BCUT2D eigenvalue weighted by Crippen LogP contribution is -2.39. The minimum atomic E-state index is 0.684. The number of nitrogens with zero attached hydrogens (tertiary/aromatic N) is 1. The summed E-state index contributed by atoms with van der Waals surface area (Å²) in [5.41, 5.74) is 0. The smallest absolute Gasteiger partial charge is 0.0166 e. The zero-order valence-electron chi connectivity index (χ0n) is 8.92. The summed E-state index contributed by atoms with van der Waals surface area (Å²) in [7, 11) is 0. The highest BCUT2D eigenvalue weighted by atomic mass is 15.2. The predicted molar refractivity (Wildman–Crippen MR) is 55.8 cm³/mol. The molecule has 0 amide bonds. The molecule has 0 aromatic rings. The number of nitrogens with one attached hydrogen (secondary N) is 1. The molecule has 2 unspecified atom stereocenters. The summed E-state index contributed by atoms with van der Waals surface area (Å²) in [6.07, 6.45) is 4.27. The topological polar surface area (TPSA) is 15.3 Å². The summed E-state index contributed by atoms with van der Waals surface area (Å²) in [4.78, 5) is 2.68. The first-order valence-corrected chi connectivity index (χ1v) is 5.73. The van der Waals surface area contributed by atoms with Crippen LogP contribution in [-0.4, -0.2) is 36.6 Å². The Balaban J connectivity index is 1.87. The van der Waals surface area contributed by atoms with Gasteiger partial charge in [0.15, 0.2) is 0 Å². The molecule has 0 spiro atoms. The van der Waals surface area contributed by atoms with Crippen molar-refractivity contribution in [2.75, 3.05) is 19.6 Å². The van der Waals surface area contributed by atoms with Crippen LogP contribution in [0.5, 0.6) is 0 Å². The van der Waals surface area contributed by atoms with E-state index in [2.05, 4.69) is 24.1 Å². The molecule has 1 aliphatic carbocycles. The highest BCUT2D eigenvalue weighted by molar-refractivity contribution is 4.84. The Bertz CT molecular complexity index is 165. The lowest BCUT2D eigenvalue weighted by atomic mass is 10.2. The molecule has 2 nitrogen and oxygen atoms in total. The van der Waals surface area contributed by atoms with Crippen molar-refractivity contribution in [1.29, 1.82) is 0 Å². The molecule has 1 aliphatic heterocycles. The monoisotopic (exact) mass is 182 g/mol. The van der Waals surface area contributed by atoms with Crippen molar-refractivity contribution < 1.29 is 0 Å². The van der Waals surface area contributed by atoms with Gasteiger partial charge in [-0.25, -0.2) is 0 Å². The van der Waals surface area contributed by atoms with Crippen molar-refractivity contribution in [1.82, 2.24) is 10.2 Å². The van der Waals surface area contributed by atoms with Crippen LogP contribution in [0.4, 0.5) is 0 Å². The molecular weight excluding hydrogens is 160 g/mol. The molecule has 0 aromatic heterocycles. The van der Waals surface area contributed by atoms with E-state index in [1.807, 2.05) is 0 Å². The largest absolute Gasteiger partial charge is 0.313 e. The van der Waals surface area contributed by atoms with Crippen molar-refractivity contribution in [3.05, 3.63) is 0 Å². The van der Waals surface area contributed by atoms with E-state index >= 15 is 0 Å². The SMILES string of the molecule is CC1CN(CC2CC2)C(C)CCN1. The zero-order valence-corrected chi connectivity index (χ0v) is 8.92. The highest BCUT2D eigenvalue weighted by Crippen LogP contribution is 2.30. The molecule has 2 heteroatoms. The summed E-state index contributed by atoms with van der Waals surface area (Å²) in [6.45, 7) is 8.48. The van der Waals surface area contributed by atoms with Crippen LogP contribution in [0, 0.1) is 5.92 Å². The molecule has 2 atom stereocenters. The normalized spacial score (nSPS) is 37.4. The third kappa shape index (κ3) is 2.68. The van der Waals surface area contributed by atoms with Crippen LogP contribution < -0.4 is 5.32 Å². The second-order valence-corrected chi connectivity index (χ2v) is 4.89. The molecule has 1 heterocycles. The second kappa shape index (κ2) is 3.97. The van der Waals surface area contributed by atoms with E-state index in [1.54, 1.807) is 0 Å². The first kappa shape index (κ1) is 9.47. The quantitative estimate of drug-likeness (QED) is 0.695. The zero-order chi connectivity index (χ0) is 9.26. The molecule has 0 radical (unpaired) electrons. The van der Waals surface area contributed by atoms with Gasteiger partial charge in [0.2, 0.25) is 0 Å². The van der Waals surface area contributed by atoms with Gasteiger partial charge in [-0.2, -0.15) is 0 Å². The van der Waals surface area contributed by atoms with Crippen molar-refractivity contribution >= 4 is 0 Å². The van der Waals surface area contributed by atoms with Crippen LogP contribution in [0.15, 0.2) is 0 Å². The van der Waals surface area contributed by atoms with Gasteiger partial charge < -0.3 is 5.32 Å². The molecule has 1 saturated heterocycles. The van der Waals surface area contributed by atoms with Crippen molar-refractivity contribution in [2.45, 2.75) is 45.2 Å². The second-order valence-electron chi connectivity index (χ2n) is 4.89. The third-order valence-electron chi connectivity index (χ3n) is 3.38. The first-order chi connectivity index (χ1) is 6.25. The lowest BCUT2D eigenvalue weighted by Gasteiger charge is -2.27. The summed E-state index contributed by atoms with van der Waals surface area (Å²) < 4.78 is 0. The van der Waals surface area contributed by atoms with E-state index in [-0.39, 0.29) is 0 Å². The Labute approximate surface area is 81.7 Å². The molecule has 0 bridgehead atoms. The molecule has 1 N–H and O–H groups in total. The van der Waals surface area contributed by atoms with Crippen LogP contribution in [0.25, 0.3) is 0 Å². The fourth-order valence-electron chi connectivity index (χ4n) is 2.20. The van der Waals surface area contributed by atoms with Crippen LogP contribution in [-0.2, 0) is 0 Å². The summed E-state index contributed by atoms with van der Waals surface area (Å²) in [5.74, 6) is 1.03. The number of hydrogen-bond acceptors (Lipinski definition) is 2. The van der Waals surface area contributed by atoms with Gasteiger partial charge in [0.25, 0.3) is 0 Å². The third-order valence-corrected chi connectivity index (χ3v) is 3.38. The maximum atomic E-state index is 3.56. The number of hydrogen-bond donors (Lipinski definition) is 1. The molecule has 1 saturated carbocycles. The fourth-order valence-corrected chi connectivity index (χ4v) is 2.20. The van der Waals surface area contributed by atoms with Gasteiger partial charge in [0.05, 0.1) is 0 Å². The summed E-state index contributed by atoms with van der Waals surface area (Å²) in [5, 5.41) is 3.56. The van der Waals surface area contributed by atoms with Crippen molar-refractivity contribution in [3.8, 4) is 0 Å². The predicted octanol–water partition coefficient (Wildman–Crippen LogP) is 1.47. The van der Waals surface area contributed by atoms with Crippen LogP contribution in [0.3, 0.4) is 0 Å². The van der Waals surface area contributed by atoms with Crippen molar-refractivity contribution in [2.24, 2.45) is 5.92 Å². The molecule has 2 aliphatic rings. The maximum Gasteiger partial charge on any atom is 0.0166 e. The van der Waals surface area contributed by atoms with Gasteiger partial charge in [0.1, 0.15) is 0 Å². The molecule has 0 aromatic carbocycles. The highest BCUT2D eigenvalue weighted by Gasteiger charge is 2.28. The van der Waals surface area contributed by atoms with E-state index in [0.717, 1.165) is 12.0 Å². The van der Waals surface area contributed by atoms with Gasteiger partial charge in [-0.15, -0.1) is 0 Å². The minimum absolute atomic E-state index is 0.684. The number of rotatable bonds is 2. The van der Waals surface area contributed by atoms with Crippen molar-refractivity contribution in [3.63, 3.8) is 0 Å². The van der Waals surface area contributed by atoms with Crippen LogP contribution >= 0.6 is 0 Å². The Morgan fingerprint density at radius 3 is 2.69 bits per heavy atom. The van der Waals surface area contributed by atoms with E-state index in [4.69, 9.17) is 0 Å². The van der Waals surface area contributed by atoms with Gasteiger partial charge >= 0.3 is 0 Å². The minimum Gasteiger partial charge on any atom is -0.313 e. The Hall–Kier alpha value is -0.0800. The average Bonchev–Trinajstić information content (AvgIpc) is 2.86. The Morgan fingerprint density at radius 2 is 2.00 bits per heavy atom. The molecule has 13 heavy (non-hydrogen) atoms. The summed E-state index contributed by atoms with van der Waals surface area (Å²) in [6, 6.07) is 1.47. The standard InChI is InChI=1S/C11H22N2/c1-9-7-13(8-11-3-4-11)10(2)5-6-12-9/h9-12H,3-8H2,1-2H3. The van der Waals surface area contributed by atoms with E-state index in [0.29, 0.717) is 6.04 Å². The van der Waals surface area contributed by atoms with Gasteiger partial charge in [0, 0.05) is 25.2 Å². The Kier molecular flexibility index (Phi) is 2.89. The van der Waals surface area contributed by atoms with E-state index < -0.39 is 0 Å². The molecular formula is C11H22N2. The summed E-state index contributed by atoms with van der Waals surface area (Å²) >= 11 is 0. The van der Waals surface area contributed by atoms with Gasteiger partial charge in [-0.05, 0) is 45.6 Å². The maximum absolute atomic E-state index is 3.56. The lowest BCUT2D eigenvalue weighted by molar-refractivity contribution is 0.199. The molecule has 2 fully saturated rings. The fraction of sp³-hybridized carbons (Fsp3) is 1.00. The van der Waals surface area contributed by atoms with E-state index in [1.165, 1.54) is 38.9 Å². The first-order valence-electron chi connectivity index (χ1n) is 5.73. The average molecular weight is 182 g/mol. The Morgan fingerprint density at radius 1 is 1.23 bits per heavy atom. The molecule has 76 valence electrons. The van der Waals surface area contributed by atoms with E-state index in [9.17, 15) is 0 Å². The van der Waals surface area contributed by atoms with Crippen LogP contribution in [0.1, 0.15) is 33.1 Å².